The number of para-hydroxylation sites is 2. The van der Waals surface area contributed by atoms with Gasteiger partial charge in [-0.3, -0.25) is 4.90 Å². The highest BCUT2D eigenvalue weighted by Gasteiger charge is 2.24. The van der Waals surface area contributed by atoms with Gasteiger partial charge in [-0.15, -0.1) is 0 Å². The molecule has 5 nitrogen and oxygen atoms in total. The smallest absolute Gasteiger partial charge is 0.414 e. The van der Waals surface area contributed by atoms with E-state index in [1.165, 1.54) is 4.90 Å². The van der Waals surface area contributed by atoms with Gasteiger partial charge in [0.2, 0.25) is 0 Å². The molecule has 0 radical (unpaired) electrons. The van der Waals surface area contributed by atoms with Crippen LogP contribution in [0.15, 0.2) is 24.3 Å². The Bertz CT molecular complexity index is 380. The van der Waals surface area contributed by atoms with Crippen molar-refractivity contribution in [2.24, 2.45) is 0 Å². The zero-order valence-corrected chi connectivity index (χ0v) is 8.76. The topological polar surface area (TPSA) is 59.0 Å². The largest absolute Gasteiger partial charge is 0.490 e. The van der Waals surface area contributed by atoms with Gasteiger partial charge in [-0.05, 0) is 12.1 Å². The van der Waals surface area contributed by atoms with Crippen LogP contribution in [0.5, 0.6) is 5.75 Å². The summed E-state index contributed by atoms with van der Waals surface area (Å²) in [5.74, 6) is 0.676. The number of carbonyl (C=O) groups excluding carboxylic acids is 1. The van der Waals surface area contributed by atoms with Crippen molar-refractivity contribution in [1.82, 2.24) is 0 Å². The molecule has 0 fully saturated rings. The van der Waals surface area contributed by atoms with E-state index in [9.17, 15) is 4.79 Å². The summed E-state index contributed by atoms with van der Waals surface area (Å²) in [6, 6.07) is 7.29. The Morgan fingerprint density at radius 3 is 3.12 bits per heavy atom. The lowest BCUT2D eigenvalue weighted by Crippen LogP contribution is -2.38. The van der Waals surface area contributed by atoms with Crippen LogP contribution in [-0.2, 0) is 4.74 Å². The molecule has 1 aromatic carbocycles. The molecule has 1 aliphatic heterocycles. The van der Waals surface area contributed by atoms with E-state index < -0.39 is 6.09 Å². The number of aliphatic hydroxyl groups excluding tert-OH is 1. The summed E-state index contributed by atoms with van der Waals surface area (Å²) < 4.78 is 10.3. The molecule has 5 heteroatoms. The van der Waals surface area contributed by atoms with Gasteiger partial charge in [0.05, 0.1) is 18.8 Å². The second kappa shape index (κ2) is 4.85. The predicted octanol–water partition coefficient (Wildman–Crippen LogP) is 1.01. The van der Waals surface area contributed by atoms with E-state index in [0.717, 1.165) is 0 Å². The van der Waals surface area contributed by atoms with Crippen LogP contribution in [0.1, 0.15) is 0 Å². The first kappa shape index (κ1) is 10.8. The molecule has 0 saturated carbocycles. The standard InChI is InChI=1S/C11H13NO4/c13-6-8-16-11(14)12-5-7-15-10-4-2-1-3-9(10)12/h1-4,13H,5-8H2. The maximum Gasteiger partial charge on any atom is 0.414 e. The molecular weight excluding hydrogens is 210 g/mol. The number of aliphatic hydroxyl groups is 1. The van der Waals surface area contributed by atoms with Gasteiger partial charge < -0.3 is 14.6 Å². The highest BCUT2D eigenvalue weighted by Crippen LogP contribution is 2.31. The third kappa shape index (κ3) is 2.09. The van der Waals surface area contributed by atoms with E-state index in [1.54, 1.807) is 12.1 Å². The number of hydrogen-bond donors (Lipinski definition) is 1. The van der Waals surface area contributed by atoms with Crippen LogP contribution in [0.3, 0.4) is 0 Å². The van der Waals surface area contributed by atoms with E-state index in [2.05, 4.69) is 0 Å². The second-order valence-corrected chi connectivity index (χ2v) is 3.31. The normalized spacial score (nSPS) is 13.9. The molecule has 0 aromatic heterocycles. The van der Waals surface area contributed by atoms with Crippen LogP contribution >= 0.6 is 0 Å². The fraction of sp³-hybridized carbons (Fsp3) is 0.364. The van der Waals surface area contributed by atoms with Crippen LogP contribution in [0.4, 0.5) is 10.5 Å². The Morgan fingerprint density at radius 1 is 1.50 bits per heavy atom. The van der Waals surface area contributed by atoms with Gasteiger partial charge in [0.25, 0.3) is 0 Å². The van der Waals surface area contributed by atoms with Gasteiger partial charge in [0.1, 0.15) is 19.0 Å². The van der Waals surface area contributed by atoms with Crippen molar-refractivity contribution in [1.29, 1.82) is 0 Å². The minimum atomic E-state index is -0.454. The number of anilines is 1. The zero-order chi connectivity index (χ0) is 11.4. The maximum absolute atomic E-state index is 11.7. The summed E-state index contributed by atoms with van der Waals surface area (Å²) in [5.41, 5.74) is 0.705. The fourth-order valence-electron chi connectivity index (χ4n) is 1.57. The average molecular weight is 223 g/mol. The van der Waals surface area contributed by atoms with Crippen molar-refractivity contribution < 1.29 is 19.4 Å². The molecule has 0 unspecified atom stereocenters. The van der Waals surface area contributed by atoms with Crippen molar-refractivity contribution in [3.8, 4) is 5.75 Å². The first-order valence-electron chi connectivity index (χ1n) is 5.10. The van der Waals surface area contributed by atoms with E-state index in [-0.39, 0.29) is 13.2 Å². The number of carbonyl (C=O) groups is 1. The zero-order valence-electron chi connectivity index (χ0n) is 8.76. The van der Waals surface area contributed by atoms with Crippen molar-refractivity contribution in [2.75, 3.05) is 31.3 Å². The summed E-state index contributed by atoms with van der Waals surface area (Å²) in [7, 11) is 0. The van der Waals surface area contributed by atoms with Crippen LogP contribution in [0, 0.1) is 0 Å². The van der Waals surface area contributed by atoms with Crippen LogP contribution in [0.25, 0.3) is 0 Å². The van der Waals surface area contributed by atoms with Crippen molar-refractivity contribution >= 4 is 11.8 Å². The predicted molar refractivity (Wildman–Crippen MR) is 57.7 cm³/mol. The number of benzene rings is 1. The molecule has 1 heterocycles. The fourth-order valence-corrected chi connectivity index (χ4v) is 1.57. The molecule has 1 aliphatic rings. The van der Waals surface area contributed by atoms with Crippen LogP contribution in [-0.4, -0.2) is 37.6 Å². The second-order valence-electron chi connectivity index (χ2n) is 3.31. The minimum absolute atomic E-state index is 0.0123. The minimum Gasteiger partial charge on any atom is -0.490 e. The molecule has 0 atom stereocenters. The highest BCUT2D eigenvalue weighted by atomic mass is 16.6. The molecule has 2 rings (SSSR count). The summed E-state index contributed by atoms with van der Waals surface area (Å²) in [5, 5.41) is 8.59. The third-order valence-corrected chi connectivity index (χ3v) is 2.27. The van der Waals surface area contributed by atoms with Gasteiger partial charge in [0.15, 0.2) is 0 Å². The molecule has 1 aromatic rings. The molecule has 0 saturated heterocycles. The lowest BCUT2D eigenvalue weighted by atomic mass is 10.2. The number of rotatable bonds is 2. The Labute approximate surface area is 93.2 Å². The molecule has 86 valence electrons. The molecular formula is C11H13NO4. The number of nitrogens with zero attached hydrogens (tertiary/aromatic N) is 1. The maximum atomic E-state index is 11.7. The molecule has 1 N–H and O–H groups in total. The van der Waals surface area contributed by atoms with Gasteiger partial charge in [0, 0.05) is 0 Å². The molecule has 0 aliphatic carbocycles. The Morgan fingerprint density at radius 2 is 2.31 bits per heavy atom. The molecule has 0 spiro atoms. The lowest BCUT2D eigenvalue weighted by Gasteiger charge is -2.28. The first-order chi connectivity index (χ1) is 7.83. The van der Waals surface area contributed by atoms with Crippen molar-refractivity contribution in [3.05, 3.63) is 24.3 Å². The Kier molecular flexibility index (Phi) is 3.26. The summed E-state index contributed by atoms with van der Waals surface area (Å²) >= 11 is 0. The number of hydrogen-bond acceptors (Lipinski definition) is 4. The summed E-state index contributed by atoms with van der Waals surface area (Å²) in [6.45, 7) is 0.753. The quantitative estimate of drug-likeness (QED) is 0.813. The SMILES string of the molecule is O=C(OCCO)N1CCOc2ccccc21. The first-order valence-corrected chi connectivity index (χ1v) is 5.10. The van der Waals surface area contributed by atoms with E-state index in [1.807, 2.05) is 12.1 Å². The average Bonchev–Trinajstić information content (AvgIpc) is 2.35. The van der Waals surface area contributed by atoms with Crippen LogP contribution < -0.4 is 9.64 Å². The molecule has 1 amide bonds. The van der Waals surface area contributed by atoms with Crippen molar-refractivity contribution in [3.63, 3.8) is 0 Å². The van der Waals surface area contributed by atoms with Crippen molar-refractivity contribution in [2.45, 2.75) is 0 Å². The summed E-state index contributed by atoms with van der Waals surface area (Å²) in [6.07, 6.45) is -0.454. The number of fused-ring (bicyclic) bond motifs is 1. The monoisotopic (exact) mass is 223 g/mol. The Hall–Kier alpha value is -1.75. The Balaban J connectivity index is 2.15. The summed E-state index contributed by atoms with van der Waals surface area (Å²) in [4.78, 5) is 13.2. The lowest BCUT2D eigenvalue weighted by molar-refractivity contribution is 0.123. The van der Waals surface area contributed by atoms with Gasteiger partial charge >= 0.3 is 6.09 Å². The van der Waals surface area contributed by atoms with E-state index in [0.29, 0.717) is 24.6 Å². The van der Waals surface area contributed by atoms with Gasteiger partial charge in [-0.25, -0.2) is 4.79 Å². The third-order valence-electron chi connectivity index (χ3n) is 2.27. The number of amides is 1. The highest BCUT2D eigenvalue weighted by molar-refractivity contribution is 5.90. The van der Waals surface area contributed by atoms with Gasteiger partial charge in [-0.1, -0.05) is 12.1 Å². The van der Waals surface area contributed by atoms with E-state index in [4.69, 9.17) is 14.6 Å². The molecule has 0 bridgehead atoms. The van der Waals surface area contributed by atoms with Crippen LogP contribution in [0.2, 0.25) is 0 Å². The molecule has 16 heavy (non-hydrogen) atoms. The number of ether oxygens (including phenoxy) is 2. The van der Waals surface area contributed by atoms with Gasteiger partial charge in [-0.2, -0.15) is 0 Å². The van der Waals surface area contributed by atoms with E-state index >= 15 is 0 Å².